The van der Waals surface area contributed by atoms with Crippen LogP contribution < -0.4 is 0 Å². The molecule has 1 aliphatic rings. The molecule has 0 radical (unpaired) electrons. The minimum Gasteiger partial charge on any atom is -0.481 e. The first-order chi connectivity index (χ1) is 13.6. The molecule has 3 aromatic rings. The molecule has 0 fully saturated rings. The molecule has 4 rings (SSSR count). The van der Waals surface area contributed by atoms with Crippen molar-refractivity contribution in [1.29, 1.82) is 0 Å². The van der Waals surface area contributed by atoms with Crippen molar-refractivity contribution < 1.29 is 19.4 Å². The van der Waals surface area contributed by atoms with Crippen molar-refractivity contribution in [3.05, 3.63) is 95.6 Å². The molecule has 1 atom stereocenters. The van der Waals surface area contributed by atoms with Gasteiger partial charge in [0, 0.05) is 5.92 Å². The molecule has 0 spiro atoms. The maximum absolute atomic E-state index is 12.4. The van der Waals surface area contributed by atoms with Crippen molar-refractivity contribution in [2.45, 2.75) is 18.3 Å². The second-order valence-electron chi connectivity index (χ2n) is 6.92. The number of esters is 1. The van der Waals surface area contributed by atoms with Gasteiger partial charge in [0.05, 0.1) is 12.3 Å². The molecule has 140 valence electrons. The van der Waals surface area contributed by atoms with E-state index in [2.05, 4.69) is 24.3 Å². The Morgan fingerprint density at radius 1 is 0.821 bits per heavy atom. The van der Waals surface area contributed by atoms with Gasteiger partial charge in [-0.2, -0.15) is 0 Å². The molecule has 28 heavy (non-hydrogen) atoms. The maximum Gasteiger partial charge on any atom is 0.311 e. The van der Waals surface area contributed by atoms with E-state index in [-0.39, 0.29) is 18.9 Å². The first-order valence-corrected chi connectivity index (χ1v) is 9.26. The number of rotatable bonds is 6. The number of ether oxygens (including phenoxy) is 1. The number of hydrogen-bond donors (Lipinski definition) is 1. The number of aliphatic carboxylic acids is 1. The van der Waals surface area contributed by atoms with E-state index in [9.17, 15) is 14.7 Å². The second kappa shape index (κ2) is 7.69. The molecular weight excluding hydrogens is 352 g/mol. The van der Waals surface area contributed by atoms with Gasteiger partial charge in [0.2, 0.25) is 0 Å². The van der Waals surface area contributed by atoms with Crippen molar-refractivity contribution >= 4 is 11.9 Å². The molecule has 4 nitrogen and oxygen atoms in total. The Labute approximate surface area is 163 Å². The highest BCUT2D eigenvalue weighted by Crippen LogP contribution is 2.44. The second-order valence-corrected chi connectivity index (χ2v) is 6.92. The van der Waals surface area contributed by atoms with Gasteiger partial charge in [-0.3, -0.25) is 9.59 Å². The molecular formula is C24H20O4. The molecule has 1 aliphatic carbocycles. The van der Waals surface area contributed by atoms with Crippen LogP contribution in [0.3, 0.4) is 0 Å². The molecule has 0 amide bonds. The Balaban J connectivity index is 1.49. The van der Waals surface area contributed by atoms with Gasteiger partial charge in [-0.25, -0.2) is 0 Å². The minimum absolute atomic E-state index is 0.0312. The molecule has 0 saturated carbocycles. The standard InChI is InChI=1S/C24H20O4/c25-23(14-21(24(26)27)16-8-2-1-3-9-16)28-15-22-19-12-6-4-10-17(19)18-11-5-7-13-20(18)22/h1-13,21-22H,14-15H2,(H,26,27)/t21-/m0/s1. The first kappa shape index (κ1) is 18.0. The molecule has 4 heteroatoms. The van der Waals surface area contributed by atoms with Crippen LogP contribution in [0.15, 0.2) is 78.9 Å². The summed E-state index contributed by atoms with van der Waals surface area (Å²) >= 11 is 0. The monoisotopic (exact) mass is 372 g/mol. The highest BCUT2D eigenvalue weighted by Gasteiger charge is 2.30. The van der Waals surface area contributed by atoms with Gasteiger partial charge in [0.1, 0.15) is 6.61 Å². The van der Waals surface area contributed by atoms with E-state index in [1.165, 1.54) is 0 Å². The molecule has 0 aliphatic heterocycles. The zero-order valence-electron chi connectivity index (χ0n) is 15.2. The summed E-state index contributed by atoms with van der Waals surface area (Å²) in [4.78, 5) is 24.0. The highest BCUT2D eigenvalue weighted by atomic mass is 16.5. The zero-order valence-corrected chi connectivity index (χ0v) is 15.2. The van der Waals surface area contributed by atoms with E-state index < -0.39 is 17.9 Å². The van der Waals surface area contributed by atoms with Gasteiger partial charge in [-0.15, -0.1) is 0 Å². The number of hydrogen-bond acceptors (Lipinski definition) is 3. The Bertz CT molecular complexity index is 964. The molecule has 0 aromatic heterocycles. The van der Waals surface area contributed by atoms with Crippen molar-refractivity contribution in [3.63, 3.8) is 0 Å². The summed E-state index contributed by atoms with van der Waals surface area (Å²) in [6.07, 6.45) is -0.185. The number of carboxylic acids is 1. The van der Waals surface area contributed by atoms with Crippen LogP contribution in [0.4, 0.5) is 0 Å². The highest BCUT2D eigenvalue weighted by molar-refractivity contribution is 5.83. The van der Waals surface area contributed by atoms with Crippen LogP contribution in [0.5, 0.6) is 0 Å². The molecule has 0 unspecified atom stereocenters. The van der Waals surface area contributed by atoms with E-state index in [1.807, 2.05) is 30.3 Å². The van der Waals surface area contributed by atoms with Gasteiger partial charge in [-0.05, 0) is 27.8 Å². The normalized spacial score (nSPS) is 13.4. The summed E-state index contributed by atoms with van der Waals surface area (Å²) in [5.74, 6) is -2.47. The number of carbonyl (C=O) groups excluding carboxylic acids is 1. The van der Waals surface area contributed by atoms with Crippen molar-refractivity contribution in [3.8, 4) is 11.1 Å². The largest absolute Gasteiger partial charge is 0.481 e. The summed E-state index contributed by atoms with van der Waals surface area (Å²) in [7, 11) is 0. The SMILES string of the molecule is O=C(C[C@H](C(=O)O)c1ccccc1)OCC1c2ccccc2-c2ccccc21. The Kier molecular flexibility index (Phi) is 4.94. The third-order valence-corrected chi connectivity index (χ3v) is 5.24. The van der Waals surface area contributed by atoms with Crippen LogP contribution in [0.25, 0.3) is 11.1 Å². The fraction of sp³-hybridized carbons (Fsp3) is 0.167. The molecule has 0 saturated heterocycles. The fourth-order valence-corrected chi connectivity index (χ4v) is 3.87. The van der Waals surface area contributed by atoms with E-state index in [1.54, 1.807) is 24.3 Å². The van der Waals surface area contributed by atoms with E-state index in [0.717, 1.165) is 22.3 Å². The average Bonchev–Trinajstić information content (AvgIpc) is 3.05. The topological polar surface area (TPSA) is 63.6 Å². The summed E-state index contributed by atoms with van der Waals surface area (Å²) in [5.41, 5.74) is 5.19. The average molecular weight is 372 g/mol. The van der Waals surface area contributed by atoms with Gasteiger partial charge in [0.15, 0.2) is 0 Å². The number of carbonyl (C=O) groups is 2. The van der Waals surface area contributed by atoms with Crippen LogP contribution in [0, 0.1) is 0 Å². The predicted octanol–water partition coefficient (Wildman–Crippen LogP) is 4.60. The summed E-state index contributed by atoms with van der Waals surface area (Å²) in [5, 5.41) is 9.51. The van der Waals surface area contributed by atoms with Crippen LogP contribution in [0.1, 0.15) is 34.9 Å². The minimum atomic E-state index is -1.03. The van der Waals surface area contributed by atoms with Crippen molar-refractivity contribution in [2.24, 2.45) is 0 Å². The Morgan fingerprint density at radius 2 is 1.36 bits per heavy atom. The Morgan fingerprint density at radius 3 is 1.93 bits per heavy atom. The fourth-order valence-electron chi connectivity index (χ4n) is 3.87. The lowest BCUT2D eigenvalue weighted by Crippen LogP contribution is -2.19. The third-order valence-electron chi connectivity index (χ3n) is 5.24. The summed E-state index contributed by atoms with van der Waals surface area (Å²) < 4.78 is 5.54. The lowest BCUT2D eigenvalue weighted by atomic mass is 9.96. The van der Waals surface area contributed by atoms with E-state index in [4.69, 9.17) is 4.74 Å². The van der Waals surface area contributed by atoms with E-state index >= 15 is 0 Å². The number of benzene rings is 3. The van der Waals surface area contributed by atoms with Crippen molar-refractivity contribution in [1.82, 2.24) is 0 Å². The molecule has 1 N–H and O–H groups in total. The third kappa shape index (κ3) is 3.41. The summed E-state index contributed by atoms with van der Waals surface area (Å²) in [6, 6.07) is 25.0. The van der Waals surface area contributed by atoms with Crippen molar-refractivity contribution in [2.75, 3.05) is 6.61 Å². The maximum atomic E-state index is 12.4. The molecule has 3 aromatic carbocycles. The van der Waals surface area contributed by atoms with Gasteiger partial charge in [-0.1, -0.05) is 78.9 Å². The first-order valence-electron chi connectivity index (χ1n) is 9.26. The van der Waals surface area contributed by atoms with E-state index in [0.29, 0.717) is 5.56 Å². The lowest BCUT2D eigenvalue weighted by molar-refractivity contribution is -0.149. The van der Waals surface area contributed by atoms with Crippen LogP contribution in [0.2, 0.25) is 0 Å². The number of carboxylic acid groups (broad SMARTS) is 1. The van der Waals surface area contributed by atoms with Crippen LogP contribution in [-0.4, -0.2) is 23.7 Å². The number of fused-ring (bicyclic) bond motifs is 3. The van der Waals surface area contributed by atoms with Crippen LogP contribution >= 0.6 is 0 Å². The van der Waals surface area contributed by atoms with Gasteiger partial charge in [0.25, 0.3) is 0 Å². The summed E-state index contributed by atoms with van der Waals surface area (Å²) in [6.45, 7) is 0.202. The lowest BCUT2D eigenvalue weighted by Gasteiger charge is -2.16. The molecule has 0 heterocycles. The predicted molar refractivity (Wildman–Crippen MR) is 106 cm³/mol. The van der Waals surface area contributed by atoms with Gasteiger partial charge < -0.3 is 9.84 Å². The molecule has 0 bridgehead atoms. The van der Waals surface area contributed by atoms with Gasteiger partial charge >= 0.3 is 11.9 Å². The van der Waals surface area contributed by atoms with Crippen LogP contribution in [-0.2, 0) is 14.3 Å². The zero-order chi connectivity index (χ0) is 19.5. The smallest absolute Gasteiger partial charge is 0.311 e. The quantitative estimate of drug-likeness (QED) is 0.642. The Hall–Kier alpha value is -3.40.